The van der Waals surface area contributed by atoms with Gasteiger partial charge in [0.1, 0.15) is 0 Å². The smallest absolute Gasteiger partial charge is 0.288 e. The Kier molecular flexibility index (Phi) is 6.28. The van der Waals surface area contributed by atoms with E-state index in [2.05, 4.69) is 10.3 Å². The van der Waals surface area contributed by atoms with Gasteiger partial charge in [0.05, 0.1) is 17.1 Å². The van der Waals surface area contributed by atoms with E-state index >= 15 is 0 Å². The molecule has 1 N–H and O–H groups in total. The number of hydrogen-bond donors (Lipinski definition) is 1. The van der Waals surface area contributed by atoms with Gasteiger partial charge in [-0.2, -0.15) is 8.78 Å². The van der Waals surface area contributed by atoms with Crippen molar-refractivity contribution in [2.24, 2.45) is 0 Å². The third-order valence-corrected chi connectivity index (χ3v) is 5.73. The number of benzene rings is 1. The quantitative estimate of drug-likeness (QED) is 0.595. The molecule has 10 heteroatoms. The first-order valence-corrected chi connectivity index (χ1v) is 10.3. The Balaban J connectivity index is 1.56. The molecule has 2 aromatic heterocycles. The standard InChI is InChI=1S/C16H13F2N3O2S3/c17-15(18)26-12-4-2-1-3-11(12)20-13(22)9-24-8-10-7-14(23)21-5-6-25-16(21)19-10/h1-7,15H,8-9H2,(H,20,22). The Hall–Kier alpha value is -1.91. The third kappa shape index (κ3) is 4.83. The van der Waals surface area contributed by atoms with E-state index in [0.29, 0.717) is 38.8 Å². The molecule has 1 amide bonds. The number of aromatic nitrogens is 2. The summed E-state index contributed by atoms with van der Waals surface area (Å²) in [5.74, 6) is -2.32. The zero-order valence-electron chi connectivity index (χ0n) is 13.2. The molecular weight excluding hydrogens is 400 g/mol. The molecule has 0 aliphatic carbocycles. The summed E-state index contributed by atoms with van der Waals surface area (Å²) < 4.78 is 26.6. The van der Waals surface area contributed by atoms with Crippen molar-refractivity contribution in [3.05, 3.63) is 58.0 Å². The Morgan fingerprint density at radius 3 is 2.96 bits per heavy atom. The average Bonchev–Trinajstić information content (AvgIpc) is 3.05. The van der Waals surface area contributed by atoms with Crippen LogP contribution in [0.1, 0.15) is 5.69 Å². The van der Waals surface area contributed by atoms with E-state index in [1.54, 1.807) is 29.8 Å². The molecule has 0 spiro atoms. The molecule has 0 bridgehead atoms. The van der Waals surface area contributed by atoms with E-state index in [-0.39, 0.29) is 17.2 Å². The average molecular weight is 413 g/mol. The summed E-state index contributed by atoms with van der Waals surface area (Å²) in [6.07, 6.45) is 1.66. The minimum atomic E-state index is -2.56. The van der Waals surface area contributed by atoms with E-state index < -0.39 is 5.76 Å². The van der Waals surface area contributed by atoms with Gasteiger partial charge in [0.25, 0.3) is 11.3 Å². The minimum Gasteiger partial charge on any atom is -0.324 e. The van der Waals surface area contributed by atoms with Gasteiger partial charge < -0.3 is 5.32 Å². The number of rotatable bonds is 7. The lowest BCUT2D eigenvalue weighted by molar-refractivity contribution is -0.113. The topological polar surface area (TPSA) is 63.5 Å². The number of carbonyl (C=O) groups excluding carboxylic acids is 1. The van der Waals surface area contributed by atoms with Crippen LogP contribution < -0.4 is 10.9 Å². The largest absolute Gasteiger partial charge is 0.324 e. The Morgan fingerprint density at radius 2 is 2.15 bits per heavy atom. The molecule has 0 aliphatic heterocycles. The number of para-hydroxylation sites is 1. The molecule has 3 aromatic rings. The van der Waals surface area contributed by atoms with Crippen molar-refractivity contribution in [2.45, 2.75) is 16.4 Å². The fourth-order valence-electron chi connectivity index (χ4n) is 2.17. The summed E-state index contributed by atoms with van der Waals surface area (Å²) >= 11 is 3.05. The normalized spacial score (nSPS) is 11.2. The Labute approximate surface area is 159 Å². The molecule has 136 valence electrons. The summed E-state index contributed by atoms with van der Waals surface area (Å²) in [6.45, 7) is 0. The maximum absolute atomic E-state index is 12.6. The van der Waals surface area contributed by atoms with Crippen LogP contribution in [0, 0.1) is 0 Å². The van der Waals surface area contributed by atoms with Crippen LogP contribution in [-0.2, 0) is 10.5 Å². The summed E-state index contributed by atoms with van der Waals surface area (Å²) in [5.41, 5.74) is 0.804. The molecule has 0 aliphatic rings. The van der Waals surface area contributed by atoms with Crippen molar-refractivity contribution in [2.75, 3.05) is 11.1 Å². The second-order valence-corrected chi connectivity index (χ2v) is 7.95. The van der Waals surface area contributed by atoms with E-state index in [4.69, 9.17) is 0 Å². The summed E-state index contributed by atoms with van der Waals surface area (Å²) in [5, 5.41) is 4.42. The van der Waals surface area contributed by atoms with E-state index in [1.165, 1.54) is 39.6 Å². The molecule has 0 saturated heterocycles. The number of hydrogen-bond acceptors (Lipinski definition) is 6. The van der Waals surface area contributed by atoms with Crippen molar-refractivity contribution >= 4 is 51.4 Å². The Bertz CT molecular complexity index is 975. The minimum absolute atomic E-state index is 0.124. The van der Waals surface area contributed by atoms with Crippen LogP contribution >= 0.6 is 34.9 Å². The van der Waals surface area contributed by atoms with Gasteiger partial charge in [0.2, 0.25) is 5.91 Å². The molecule has 1 aromatic carbocycles. The van der Waals surface area contributed by atoms with Crippen LogP contribution in [0.2, 0.25) is 0 Å². The van der Waals surface area contributed by atoms with Crippen LogP contribution in [0.25, 0.3) is 4.96 Å². The van der Waals surface area contributed by atoms with Crippen molar-refractivity contribution in [1.29, 1.82) is 0 Å². The highest BCUT2D eigenvalue weighted by atomic mass is 32.2. The molecule has 0 saturated carbocycles. The molecule has 0 radical (unpaired) electrons. The third-order valence-electron chi connectivity index (χ3n) is 3.22. The van der Waals surface area contributed by atoms with Gasteiger partial charge in [0, 0.05) is 28.3 Å². The molecular formula is C16H13F2N3O2S3. The number of anilines is 1. The van der Waals surface area contributed by atoms with Gasteiger partial charge >= 0.3 is 0 Å². The second-order valence-electron chi connectivity index (χ2n) is 5.06. The first-order valence-electron chi connectivity index (χ1n) is 7.40. The van der Waals surface area contributed by atoms with Gasteiger partial charge in [-0.25, -0.2) is 4.98 Å². The van der Waals surface area contributed by atoms with Crippen LogP contribution in [-0.4, -0.2) is 26.8 Å². The van der Waals surface area contributed by atoms with Crippen molar-refractivity contribution in [1.82, 2.24) is 9.38 Å². The summed E-state index contributed by atoms with van der Waals surface area (Å²) in [7, 11) is 0. The number of thiazole rings is 1. The van der Waals surface area contributed by atoms with E-state index in [9.17, 15) is 18.4 Å². The first kappa shape index (κ1) is 18.9. The van der Waals surface area contributed by atoms with Crippen molar-refractivity contribution < 1.29 is 13.6 Å². The fraction of sp³-hybridized carbons (Fsp3) is 0.188. The molecule has 26 heavy (non-hydrogen) atoms. The highest BCUT2D eigenvalue weighted by Crippen LogP contribution is 2.31. The monoisotopic (exact) mass is 413 g/mol. The lowest BCUT2D eigenvalue weighted by atomic mass is 10.3. The molecule has 2 heterocycles. The predicted molar refractivity (Wildman–Crippen MR) is 102 cm³/mol. The fourth-order valence-corrected chi connectivity index (χ4v) is 4.22. The number of thioether (sulfide) groups is 2. The predicted octanol–water partition coefficient (Wildman–Crippen LogP) is 3.94. The van der Waals surface area contributed by atoms with Gasteiger partial charge in [-0.3, -0.25) is 14.0 Å². The molecule has 0 atom stereocenters. The van der Waals surface area contributed by atoms with Gasteiger partial charge in [0.15, 0.2) is 4.96 Å². The van der Waals surface area contributed by atoms with E-state index in [0.717, 1.165) is 0 Å². The number of fused-ring (bicyclic) bond motifs is 1. The summed E-state index contributed by atoms with van der Waals surface area (Å²) in [4.78, 5) is 29.3. The maximum Gasteiger partial charge on any atom is 0.288 e. The second kappa shape index (κ2) is 8.65. The van der Waals surface area contributed by atoms with Crippen molar-refractivity contribution in [3.8, 4) is 0 Å². The number of alkyl halides is 2. The summed E-state index contributed by atoms with van der Waals surface area (Å²) in [6, 6.07) is 7.87. The van der Waals surface area contributed by atoms with Gasteiger partial charge in [-0.15, -0.1) is 23.1 Å². The van der Waals surface area contributed by atoms with Gasteiger partial charge in [-0.05, 0) is 12.1 Å². The molecule has 0 unspecified atom stereocenters. The van der Waals surface area contributed by atoms with Crippen LogP contribution in [0.4, 0.5) is 14.5 Å². The van der Waals surface area contributed by atoms with Gasteiger partial charge in [-0.1, -0.05) is 23.9 Å². The zero-order valence-corrected chi connectivity index (χ0v) is 15.7. The lowest BCUT2D eigenvalue weighted by Crippen LogP contribution is -2.16. The number of nitrogens with one attached hydrogen (secondary N) is 1. The van der Waals surface area contributed by atoms with Crippen LogP contribution in [0.15, 0.2) is 51.6 Å². The van der Waals surface area contributed by atoms with Crippen molar-refractivity contribution in [3.63, 3.8) is 0 Å². The SMILES string of the molecule is O=C(CSCc1cc(=O)n2ccsc2n1)Nc1ccccc1SC(F)F. The zero-order chi connectivity index (χ0) is 18.5. The number of nitrogens with zero attached hydrogens (tertiary/aromatic N) is 2. The molecule has 3 rings (SSSR count). The number of halogens is 2. The highest BCUT2D eigenvalue weighted by molar-refractivity contribution is 7.99. The molecule has 5 nitrogen and oxygen atoms in total. The first-order chi connectivity index (χ1) is 12.5. The van der Waals surface area contributed by atoms with E-state index in [1.807, 2.05) is 0 Å². The van der Waals surface area contributed by atoms with Crippen LogP contribution in [0.5, 0.6) is 0 Å². The Morgan fingerprint density at radius 1 is 1.35 bits per heavy atom. The molecule has 0 fully saturated rings. The highest BCUT2D eigenvalue weighted by Gasteiger charge is 2.12. The number of carbonyl (C=O) groups is 1. The van der Waals surface area contributed by atoms with Crippen LogP contribution in [0.3, 0.4) is 0 Å². The lowest BCUT2D eigenvalue weighted by Gasteiger charge is -2.10. The number of amides is 1. The maximum atomic E-state index is 12.6.